The van der Waals surface area contributed by atoms with Gasteiger partial charge >= 0.3 is 0 Å². The maximum atomic E-state index is 9.55. The molecule has 2 unspecified atom stereocenters. The second kappa shape index (κ2) is 3.64. The smallest absolute Gasteiger partial charge is 0.116 e. The summed E-state index contributed by atoms with van der Waals surface area (Å²) in [5.74, 6) is 0. The summed E-state index contributed by atoms with van der Waals surface area (Å²) in [7, 11) is 0. The quantitative estimate of drug-likeness (QED) is 0.583. The van der Waals surface area contributed by atoms with Crippen LogP contribution in [0, 0.1) is 0 Å². The van der Waals surface area contributed by atoms with Crippen LogP contribution in [0.25, 0.3) is 0 Å². The molecule has 0 radical (unpaired) electrons. The van der Waals surface area contributed by atoms with Gasteiger partial charge in [0.2, 0.25) is 0 Å². The average Bonchev–Trinajstić information content (AvgIpc) is 2.49. The van der Waals surface area contributed by atoms with Gasteiger partial charge in [-0.25, -0.2) is 0 Å². The number of hydrogen-bond acceptors (Lipinski definition) is 4. The SMILES string of the molecule is CCc1n[nH]nc1C(O)C(C)N. The lowest BCUT2D eigenvalue weighted by Crippen LogP contribution is -2.25. The first-order chi connectivity index (χ1) is 5.66. The van der Waals surface area contributed by atoms with E-state index in [2.05, 4.69) is 15.4 Å². The van der Waals surface area contributed by atoms with Gasteiger partial charge in [-0.15, -0.1) is 0 Å². The van der Waals surface area contributed by atoms with Crippen LogP contribution in [0.15, 0.2) is 0 Å². The fourth-order valence-electron chi connectivity index (χ4n) is 1.01. The van der Waals surface area contributed by atoms with E-state index in [-0.39, 0.29) is 6.04 Å². The first-order valence-electron chi connectivity index (χ1n) is 4.00. The number of rotatable bonds is 3. The number of aliphatic hydroxyl groups excluding tert-OH is 1. The summed E-state index contributed by atoms with van der Waals surface area (Å²) >= 11 is 0. The van der Waals surface area contributed by atoms with Crippen LogP contribution >= 0.6 is 0 Å². The van der Waals surface area contributed by atoms with Crippen molar-refractivity contribution in [2.75, 3.05) is 0 Å². The molecule has 1 aromatic rings. The molecular weight excluding hydrogens is 156 g/mol. The van der Waals surface area contributed by atoms with E-state index in [1.165, 1.54) is 0 Å². The molecule has 0 saturated carbocycles. The number of nitrogens with two attached hydrogens (primary N) is 1. The molecule has 0 bridgehead atoms. The van der Waals surface area contributed by atoms with Crippen molar-refractivity contribution >= 4 is 0 Å². The first-order valence-corrected chi connectivity index (χ1v) is 4.00. The molecule has 1 heterocycles. The number of aliphatic hydroxyl groups is 1. The van der Waals surface area contributed by atoms with Gasteiger partial charge in [-0.05, 0) is 13.3 Å². The molecule has 0 aliphatic rings. The highest BCUT2D eigenvalue weighted by atomic mass is 16.3. The van der Waals surface area contributed by atoms with Crippen molar-refractivity contribution in [1.29, 1.82) is 0 Å². The summed E-state index contributed by atoms with van der Waals surface area (Å²) in [4.78, 5) is 0. The van der Waals surface area contributed by atoms with Gasteiger partial charge in [0, 0.05) is 6.04 Å². The molecule has 0 fully saturated rings. The van der Waals surface area contributed by atoms with Gasteiger partial charge in [0.1, 0.15) is 11.8 Å². The lowest BCUT2D eigenvalue weighted by atomic mass is 10.1. The van der Waals surface area contributed by atoms with Gasteiger partial charge in [-0.1, -0.05) is 6.92 Å². The zero-order valence-corrected chi connectivity index (χ0v) is 7.28. The van der Waals surface area contributed by atoms with Crippen LogP contribution in [0.3, 0.4) is 0 Å². The van der Waals surface area contributed by atoms with Crippen LogP contribution in [-0.2, 0) is 6.42 Å². The third-order valence-electron chi connectivity index (χ3n) is 1.76. The van der Waals surface area contributed by atoms with E-state index >= 15 is 0 Å². The molecule has 0 aromatic carbocycles. The molecule has 0 spiro atoms. The third-order valence-corrected chi connectivity index (χ3v) is 1.76. The molecule has 0 aliphatic heterocycles. The van der Waals surface area contributed by atoms with Gasteiger partial charge in [0.05, 0.1) is 5.69 Å². The molecule has 1 aromatic heterocycles. The summed E-state index contributed by atoms with van der Waals surface area (Å²) < 4.78 is 0. The molecule has 0 amide bonds. The van der Waals surface area contributed by atoms with Gasteiger partial charge in [-0.2, -0.15) is 15.4 Å². The van der Waals surface area contributed by atoms with Crippen molar-refractivity contribution in [2.45, 2.75) is 32.4 Å². The fraction of sp³-hybridized carbons (Fsp3) is 0.714. The topological polar surface area (TPSA) is 87.8 Å². The molecule has 4 N–H and O–H groups in total. The summed E-state index contributed by atoms with van der Waals surface area (Å²) in [5.41, 5.74) is 6.86. The number of aromatic nitrogens is 3. The van der Waals surface area contributed by atoms with E-state index in [4.69, 9.17) is 5.73 Å². The van der Waals surface area contributed by atoms with Crippen molar-refractivity contribution in [1.82, 2.24) is 15.4 Å². The predicted molar refractivity (Wildman–Crippen MR) is 44.4 cm³/mol. The third kappa shape index (κ3) is 1.62. The number of H-pyrrole nitrogens is 1. The number of nitrogens with one attached hydrogen (secondary N) is 1. The van der Waals surface area contributed by atoms with Crippen molar-refractivity contribution in [2.24, 2.45) is 5.73 Å². The summed E-state index contributed by atoms with van der Waals surface area (Å²) in [6.45, 7) is 3.69. The minimum atomic E-state index is -0.723. The van der Waals surface area contributed by atoms with Crippen LogP contribution in [-0.4, -0.2) is 26.6 Å². The average molecular weight is 170 g/mol. The van der Waals surface area contributed by atoms with Crippen LogP contribution in [0.4, 0.5) is 0 Å². The normalized spacial score (nSPS) is 16.0. The zero-order valence-electron chi connectivity index (χ0n) is 7.28. The fourth-order valence-corrected chi connectivity index (χ4v) is 1.01. The first kappa shape index (κ1) is 9.15. The Bertz CT molecular complexity index is 245. The van der Waals surface area contributed by atoms with E-state index < -0.39 is 6.10 Å². The standard InChI is InChI=1S/C7H14N4O/c1-3-5-6(10-11-9-5)7(12)4(2)8/h4,7,12H,3,8H2,1-2H3,(H,9,10,11). The Morgan fingerprint density at radius 3 is 2.75 bits per heavy atom. The minimum absolute atomic E-state index is 0.319. The van der Waals surface area contributed by atoms with Crippen LogP contribution in [0.5, 0.6) is 0 Å². The van der Waals surface area contributed by atoms with Crippen molar-refractivity contribution in [3.63, 3.8) is 0 Å². The largest absolute Gasteiger partial charge is 0.385 e. The Kier molecular flexibility index (Phi) is 2.78. The minimum Gasteiger partial charge on any atom is -0.385 e. The second-order valence-electron chi connectivity index (χ2n) is 2.81. The lowest BCUT2D eigenvalue weighted by molar-refractivity contribution is 0.147. The molecule has 1 rings (SSSR count). The van der Waals surface area contributed by atoms with E-state index in [0.29, 0.717) is 5.69 Å². The molecular formula is C7H14N4O. The second-order valence-corrected chi connectivity index (χ2v) is 2.81. The number of aryl methyl sites for hydroxylation is 1. The molecule has 12 heavy (non-hydrogen) atoms. The number of hydrogen-bond donors (Lipinski definition) is 3. The van der Waals surface area contributed by atoms with Crippen molar-refractivity contribution in [3.05, 3.63) is 11.4 Å². The van der Waals surface area contributed by atoms with Gasteiger partial charge in [0.15, 0.2) is 0 Å². The van der Waals surface area contributed by atoms with E-state index in [1.807, 2.05) is 6.92 Å². The summed E-state index contributed by atoms with van der Waals surface area (Å²) in [5, 5.41) is 19.7. The van der Waals surface area contributed by atoms with Crippen LogP contribution in [0.1, 0.15) is 31.3 Å². The molecule has 2 atom stereocenters. The van der Waals surface area contributed by atoms with E-state index in [9.17, 15) is 5.11 Å². The maximum Gasteiger partial charge on any atom is 0.116 e. The number of aromatic amines is 1. The van der Waals surface area contributed by atoms with Gasteiger partial charge < -0.3 is 10.8 Å². The Labute approximate surface area is 71.0 Å². The van der Waals surface area contributed by atoms with Gasteiger partial charge in [-0.3, -0.25) is 0 Å². The molecule has 5 heteroatoms. The summed E-state index contributed by atoms with van der Waals surface area (Å²) in [6, 6.07) is -0.319. The molecule has 0 saturated heterocycles. The Morgan fingerprint density at radius 1 is 1.58 bits per heavy atom. The number of nitrogens with zero attached hydrogens (tertiary/aromatic N) is 2. The molecule has 5 nitrogen and oxygen atoms in total. The van der Waals surface area contributed by atoms with E-state index in [0.717, 1.165) is 12.1 Å². The Balaban J connectivity index is 2.86. The lowest BCUT2D eigenvalue weighted by Gasteiger charge is -2.11. The van der Waals surface area contributed by atoms with Crippen molar-refractivity contribution < 1.29 is 5.11 Å². The van der Waals surface area contributed by atoms with Gasteiger partial charge in [0.25, 0.3) is 0 Å². The van der Waals surface area contributed by atoms with Crippen LogP contribution < -0.4 is 5.73 Å². The highest BCUT2D eigenvalue weighted by molar-refractivity contribution is 5.12. The van der Waals surface area contributed by atoms with E-state index in [1.54, 1.807) is 6.92 Å². The highest BCUT2D eigenvalue weighted by Crippen LogP contribution is 2.15. The molecule has 0 aliphatic carbocycles. The predicted octanol–water partition coefficient (Wildman–Crippen LogP) is -0.252. The monoisotopic (exact) mass is 170 g/mol. The highest BCUT2D eigenvalue weighted by Gasteiger charge is 2.18. The maximum absolute atomic E-state index is 9.55. The zero-order chi connectivity index (χ0) is 9.14. The summed E-state index contributed by atoms with van der Waals surface area (Å²) in [6.07, 6.45) is 0.0222. The molecule has 68 valence electrons. The van der Waals surface area contributed by atoms with Crippen molar-refractivity contribution in [3.8, 4) is 0 Å². The Hall–Kier alpha value is -0.940. The Morgan fingerprint density at radius 2 is 2.25 bits per heavy atom. The van der Waals surface area contributed by atoms with Crippen LogP contribution in [0.2, 0.25) is 0 Å².